The lowest BCUT2D eigenvalue weighted by molar-refractivity contribution is -0.120. The van der Waals surface area contributed by atoms with Crippen molar-refractivity contribution >= 4 is 17.0 Å². The standard InChI is InChI=1S/C12H15N3O2/c1-8-15-10-4-3-9(5-11(10)17-8)6-14-12(16)7-13-2/h3-5,13H,6-7H2,1-2H3,(H,14,16). The molecule has 0 radical (unpaired) electrons. The van der Waals surface area contributed by atoms with Crippen molar-refractivity contribution in [2.75, 3.05) is 13.6 Å². The van der Waals surface area contributed by atoms with Crippen molar-refractivity contribution in [3.63, 3.8) is 0 Å². The minimum atomic E-state index is -0.0265. The second kappa shape index (κ2) is 4.97. The third-order valence-corrected chi connectivity index (χ3v) is 2.39. The van der Waals surface area contributed by atoms with E-state index in [1.807, 2.05) is 25.1 Å². The van der Waals surface area contributed by atoms with Crippen molar-refractivity contribution in [2.45, 2.75) is 13.5 Å². The third-order valence-electron chi connectivity index (χ3n) is 2.39. The molecule has 17 heavy (non-hydrogen) atoms. The number of aryl methyl sites for hydroxylation is 1. The molecule has 0 aliphatic heterocycles. The van der Waals surface area contributed by atoms with E-state index >= 15 is 0 Å². The zero-order chi connectivity index (χ0) is 12.3. The maximum Gasteiger partial charge on any atom is 0.234 e. The van der Waals surface area contributed by atoms with Gasteiger partial charge in [0, 0.05) is 13.5 Å². The number of benzene rings is 1. The van der Waals surface area contributed by atoms with E-state index in [9.17, 15) is 4.79 Å². The summed E-state index contributed by atoms with van der Waals surface area (Å²) >= 11 is 0. The van der Waals surface area contributed by atoms with E-state index in [4.69, 9.17) is 4.42 Å². The average molecular weight is 233 g/mol. The van der Waals surface area contributed by atoms with Crippen LogP contribution in [0.5, 0.6) is 0 Å². The lowest BCUT2D eigenvalue weighted by Gasteiger charge is -2.04. The van der Waals surface area contributed by atoms with Gasteiger partial charge in [-0.05, 0) is 24.7 Å². The van der Waals surface area contributed by atoms with Gasteiger partial charge in [0.15, 0.2) is 11.5 Å². The van der Waals surface area contributed by atoms with Crippen LogP contribution in [-0.2, 0) is 11.3 Å². The number of carbonyl (C=O) groups excluding carboxylic acids is 1. The summed E-state index contributed by atoms with van der Waals surface area (Å²) in [6.45, 7) is 2.63. The summed E-state index contributed by atoms with van der Waals surface area (Å²) in [7, 11) is 1.74. The molecule has 0 atom stereocenters. The van der Waals surface area contributed by atoms with Gasteiger partial charge in [-0.1, -0.05) is 6.07 Å². The highest BCUT2D eigenvalue weighted by Gasteiger charge is 2.04. The summed E-state index contributed by atoms with van der Waals surface area (Å²) in [5.41, 5.74) is 2.59. The zero-order valence-corrected chi connectivity index (χ0v) is 9.91. The second-order valence-electron chi connectivity index (χ2n) is 3.84. The molecule has 2 rings (SSSR count). The van der Waals surface area contributed by atoms with Gasteiger partial charge in [-0.2, -0.15) is 0 Å². The molecular formula is C12H15N3O2. The van der Waals surface area contributed by atoms with Crippen molar-refractivity contribution in [1.82, 2.24) is 15.6 Å². The molecule has 2 aromatic rings. The largest absolute Gasteiger partial charge is 0.441 e. The molecule has 90 valence electrons. The summed E-state index contributed by atoms with van der Waals surface area (Å²) < 4.78 is 5.43. The van der Waals surface area contributed by atoms with E-state index < -0.39 is 0 Å². The highest BCUT2D eigenvalue weighted by Crippen LogP contribution is 2.16. The molecule has 1 heterocycles. The monoisotopic (exact) mass is 233 g/mol. The molecule has 0 saturated heterocycles. The van der Waals surface area contributed by atoms with E-state index in [1.165, 1.54) is 0 Å². The molecule has 0 spiro atoms. The highest BCUT2D eigenvalue weighted by atomic mass is 16.3. The molecule has 5 heteroatoms. The number of nitrogens with one attached hydrogen (secondary N) is 2. The van der Waals surface area contributed by atoms with Crippen molar-refractivity contribution in [2.24, 2.45) is 0 Å². The van der Waals surface area contributed by atoms with Gasteiger partial charge in [0.2, 0.25) is 5.91 Å². The second-order valence-corrected chi connectivity index (χ2v) is 3.84. The zero-order valence-electron chi connectivity index (χ0n) is 9.91. The maximum absolute atomic E-state index is 11.3. The topological polar surface area (TPSA) is 67.2 Å². The Balaban J connectivity index is 2.06. The van der Waals surface area contributed by atoms with Gasteiger partial charge in [-0.25, -0.2) is 4.98 Å². The quantitative estimate of drug-likeness (QED) is 0.825. The van der Waals surface area contributed by atoms with E-state index in [1.54, 1.807) is 7.05 Å². The van der Waals surface area contributed by atoms with Crippen LogP contribution in [-0.4, -0.2) is 24.5 Å². The molecule has 1 aromatic carbocycles. The van der Waals surface area contributed by atoms with Crippen LogP contribution < -0.4 is 10.6 Å². The van der Waals surface area contributed by atoms with Crippen LogP contribution in [0.4, 0.5) is 0 Å². The van der Waals surface area contributed by atoms with Crippen LogP contribution in [0.15, 0.2) is 22.6 Å². The lowest BCUT2D eigenvalue weighted by atomic mass is 10.2. The van der Waals surface area contributed by atoms with Crippen LogP contribution in [0.1, 0.15) is 11.5 Å². The number of aromatic nitrogens is 1. The average Bonchev–Trinajstić information content (AvgIpc) is 2.66. The Kier molecular flexibility index (Phi) is 3.39. The normalized spacial score (nSPS) is 10.7. The number of hydrogen-bond acceptors (Lipinski definition) is 4. The molecule has 0 fully saturated rings. The predicted octanol–water partition coefficient (Wildman–Crippen LogP) is 0.972. The molecular weight excluding hydrogens is 218 g/mol. The first-order valence-electron chi connectivity index (χ1n) is 5.46. The Morgan fingerprint density at radius 1 is 1.47 bits per heavy atom. The molecule has 1 aromatic heterocycles. The number of nitrogens with zero attached hydrogens (tertiary/aromatic N) is 1. The minimum absolute atomic E-state index is 0.0265. The van der Waals surface area contributed by atoms with E-state index in [2.05, 4.69) is 15.6 Å². The van der Waals surface area contributed by atoms with Crippen molar-refractivity contribution in [3.05, 3.63) is 29.7 Å². The third kappa shape index (κ3) is 2.82. The van der Waals surface area contributed by atoms with Gasteiger partial charge in [0.1, 0.15) is 5.52 Å². The Morgan fingerprint density at radius 2 is 2.29 bits per heavy atom. The molecule has 0 aliphatic carbocycles. The lowest BCUT2D eigenvalue weighted by Crippen LogP contribution is -2.31. The van der Waals surface area contributed by atoms with E-state index in [0.29, 0.717) is 19.0 Å². The van der Waals surface area contributed by atoms with Crippen molar-refractivity contribution in [1.29, 1.82) is 0 Å². The molecule has 0 bridgehead atoms. The summed E-state index contributed by atoms with van der Waals surface area (Å²) in [5.74, 6) is 0.623. The van der Waals surface area contributed by atoms with Crippen LogP contribution in [0.3, 0.4) is 0 Å². The van der Waals surface area contributed by atoms with Gasteiger partial charge in [-0.15, -0.1) is 0 Å². The number of amides is 1. The first-order valence-corrected chi connectivity index (χ1v) is 5.46. The fourth-order valence-corrected chi connectivity index (χ4v) is 1.62. The number of oxazole rings is 1. The number of rotatable bonds is 4. The van der Waals surface area contributed by atoms with Gasteiger partial charge >= 0.3 is 0 Å². The van der Waals surface area contributed by atoms with Gasteiger partial charge in [0.05, 0.1) is 6.54 Å². The Bertz CT molecular complexity index is 534. The molecule has 0 saturated carbocycles. The summed E-state index contributed by atoms with van der Waals surface area (Å²) in [4.78, 5) is 15.5. The Labute approximate surface area is 99.2 Å². The first-order chi connectivity index (χ1) is 8.19. The number of likely N-dealkylation sites (N-methyl/N-ethyl adjacent to an activating group) is 1. The van der Waals surface area contributed by atoms with Crippen LogP contribution in [0.2, 0.25) is 0 Å². The molecule has 2 N–H and O–H groups in total. The van der Waals surface area contributed by atoms with Crippen molar-refractivity contribution < 1.29 is 9.21 Å². The van der Waals surface area contributed by atoms with Crippen LogP contribution in [0, 0.1) is 6.92 Å². The molecule has 0 aliphatic rings. The fraction of sp³-hybridized carbons (Fsp3) is 0.333. The Hall–Kier alpha value is -1.88. The first kappa shape index (κ1) is 11.6. The molecule has 0 unspecified atom stereocenters. The molecule has 1 amide bonds. The van der Waals surface area contributed by atoms with Crippen LogP contribution in [0.25, 0.3) is 11.1 Å². The Morgan fingerprint density at radius 3 is 3.06 bits per heavy atom. The number of carbonyl (C=O) groups is 1. The van der Waals surface area contributed by atoms with Gasteiger partial charge < -0.3 is 15.1 Å². The predicted molar refractivity (Wildman–Crippen MR) is 64.5 cm³/mol. The summed E-state index contributed by atoms with van der Waals surface area (Å²) in [6, 6.07) is 5.73. The number of hydrogen-bond donors (Lipinski definition) is 2. The fourth-order valence-electron chi connectivity index (χ4n) is 1.62. The highest BCUT2D eigenvalue weighted by molar-refractivity contribution is 5.78. The SMILES string of the molecule is CNCC(=O)NCc1ccc2nc(C)oc2c1. The summed E-state index contributed by atoms with van der Waals surface area (Å²) in [5, 5.41) is 5.60. The maximum atomic E-state index is 11.3. The molecule has 5 nitrogen and oxygen atoms in total. The van der Waals surface area contributed by atoms with Crippen LogP contribution >= 0.6 is 0 Å². The summed E-state index contributed by atoms with van der Waals surface area (Å²) in [6.07, 6.45) is 0. The van der Waals surface area contributed by atoms with Gasteiger partial charge in [0.25, 0.3) is 0 Å². The van der Waals surface area contributed by atoms with E-state index in [-0.39, 0.29) is 5.91 Å². The number of fused-ring (bicyclic) bond motifs is 1. The van der Waals surface area contributed by atoms with E-state index in [0.717, 1.165) is 16.7 Å². The van der Waals surface area contributed by atoms with Gasteiger partial charge in [-0.3, -0.25) is 4.79 Å². The van der Waals surface area contributed by atoms with Crippen molar-refractivity contribution in [3.8, 4) is 0 Å². The minimum Gasteiger partial charge on any atom is -0.441 e. The smallest absolute Gasteiger partial charge is 0.234 e.